The number of rotatable bonds is 4. The molecular weight excluding hydrogens is 382 g/mol. The number of carbonyl (C=O) groups excluding carboxylic acids is 2. The number of aromatic nitrogens is 2. The first-order chi connectivity index (χ1) is 13.5. The molecule has 0 saturated carbocycles. The Morgan fingerprint density at radius 3 is 1.96 bits per heavy atom. The van der Waals surface area contributed by atoms with Crippen LogP contribution < -0.4 is 9.80 Å². The fraction of sp³-hybridized carbons (Fsp3) is 0.333. The number of hydrogen-bond acceptors (Lipinski definition) is 7. The fourth-order valence-electron chi connectivity index (χ4n) is 3.36. The minimum atomic E-state index is -3.66. The average molecular weight is 401 g/mol. The first-order valence-corrected chi connectivity index (χ1v) is 10.4. The summed E-state index contributed by atoms with van der Waals surface area (Å²) in [5, 5.41) is 0. The van der Waals surface area contributed by atoms with Gasteiger partial charge in [0.05, 0.1) is 10.6 Å². The molecule has 2 amide bonds. The number of carbonyl (C=O) groups is 2. The van der Waals surface area contributed by atoms with Crippen molar-refractivity contribution in [3.05, 3.63) is 42.7 Å². The predicted molar refractivity (Wildman–Crippen MR) is 101 cm³/mol. The van der Waals surface area contributed by atoms with E-state index in [-0.39, 0.29) is 29.6 Å². The summed E-state index contributed by atoms with van der Waals surface area (Å²) in [6.45, 7) is 1.65. The summed E-state index contributed by atoms with van der Waals surface area (Å²) in [4.78, 5) is 35.2. The quantitative estimate of drug-likeness (QED) is 0.693. The van der Waals surface area contributed by atoms with Gasteiger partial charge in [0.25, 0.3) is 0 Å². The van der Waals surface area contributed by atoms with Gasteiger partial charge in [0, 0.05) is 51.4 Å². The summed E-state index contributed by atoms with van der Waals surface area (Å²) in [5.74, 6) is 0.0589. The molecule has 0 atom stereocenters. The van der Waals surface area contributed by atoms with Crippen LogP contribution in [-0.4, -0.2) is 60.7 Å². The molecule has 0 unspecified atom stereocenters. The van der Waals surface area contributed by atoms with Crippen LogP contribution in [0.3, 0.4) is 0 Å². The van der Waals surface area contributed by atoms with E-state index in [9.17, 15) is 18.0 Å². The van der Waals surface area contributed by atoms with Crippen LogP contribution >= 0.6 is 0 Å². The van der Waals surface area contributed by atoms with E-state index in [2.05, 4.69) is 9.97 Å². The van der Waals surface area contributed by atoms with Crippen LogP contribution in [0.4, 0.5) is 11.6 Å². The SMILES string of the molecule is O=C1CCC(=O)N1c1ccc(S(=O)(=O)N2CCN(c3ncccn3)CC2)cc1. The zero-order valence-corrected chi connectivity index (χ0v) is 15.9. The molecular formula is C18H19N5O4S. The van der Waals surface area contributed by atoms with Gasteiger partial charge in [-0.1, -0.05) is 0 Å². The number of amides is 2. The summed E-state index contributed by atoms with van der Waals surface area (Å²) in [5.41, 5.74) is 0.400. The number of benzene rings is 1. The topological polar surface area (TPSA) is 104 Å². The Bertz CT molecular complexity index is 970. The van der Waals surface area contributed by atoms with E-state index >= 15 is 0 Å². The van der Waals surface area contributed by atoms with Gasteiger partial charge in [-0.25, -0.2) is 18.4 Å². The first-order valence-electron chi connectivity index (χ1n) is 8.95. The summed E-state index contributed by atoms with van der Waals surface area (Å²) in [6, 6.07) is 7.62. The Morgan fingerprint density at radius 2 is 1.39 bits per heavy atom. The highest BCUT2D eigenvalue weighted by atomic mass is 32.2. The van der Waals surface area contributed by atoms with Crippen LogP contribution in [0.15, 0.2) is 47.6 Å². The lowest BCUT2D eigenvalue weighted by atomic mass is 10.3. The predicted octanol–water partition coefficient (Wildman–Crippen LogP) is 0.641. The van der Waals surface area contributed by atoms with Gasteiger partial charge in [-0.2, -0.15) is 4.31 Å². The highest BCUT2D eigenvalue weighted by Crippen LogP contribution is 2.25. The summed E-state index contributed by atoms with van der Waals surface area (Å²) < 4.78 is 27.3. The molecule has 9 nitrogen and oxygen atoms in total. The number of hydrogen-bond donors (Lipinski definition) is 0. The highest BCUT2D eigenvalue weighted by molar-refractivity contribution is 7.89. The third-order valence-corrected chi connectivity index (χ3v) is 6.77. The molecule has 2 aliphatic heterocycles. The van der Waals surface area contributed by atoms with Gasteiger partial charge in [-0.3, -0.25) is 14.5 Å². The van der Waals surface area contributed by atoms with Crippen molar-refractivity contribution in [2.75, 3.05) is 36.0 Å². The molecule has 10 heteroatoms. The van der Waals surface area contributed by atoms with Crippen molar-refractivity contribution in [2.45, 2.75) is 17.7 Å². The van der Waals surface area contributed by atoms with Gasteiger partial charge < -0.3 is 4.90 Å². The van der Waals surface area contributed by atoms with Crippen molar-refractivity contribution in [2.24, 2.45) is 0 Å². The Kier molecular flexibility index (Phi) is 4.82. The Labute approximate surface area is 162 Å². The van der Waals surface area contributed by atoms with E-state index in [1.165, 1.54) is 28.6 Å². The van der Waals surface area contributed by atoms with E-state index in [1.807, 2.05) is 4.90 Å². The molecule has 0 radical (unpaired) electrons. The normalized spacial score (nSPS) is 18.7. The van der Waals surface area contributed by atoms with Crippen molar-refractivity contribution < 1.29 is 18.0 Å². The van der Waals surface area contributed by atoms with E-state index < -0.39 is 10.0 Å². The molecule has 0 N–H and O–H groups in total. The van der Waals surface area contributed by atoms with Crippen LogP contribution in [-0.2, 0) is 19.6 Å². The lowest BCUT2D eigenvalue weighted by molar-refractivity contribution is -0.121. The van der Waals surface area contributed by atoms with Gasteiger partial charge in [0.15, 0.2) is 0 Å². The molecule has 0 spiro atoms. The van der Waals surface area contributed by atoms with E-state index in [0.717, 1.165) is 4.90 Å². The van der Waals surface area contributed by atoms with Crippen LogP contribution in [0.5, 0.6) is 0 Å². The van der Waals surface area contributed by atoms with E-state index in [4.69, 9.17) is 0 Å². The Morgan fingerprint density at radius 1 is 0.821 bits per heavy atom. The van der Waals surface area contributed by atoms with Gasteiger partial charge in [-0.05, 0) is 30.3 Å². The third-order valence-electron chi connectivity index (χ3n) is 4.86. The maximum atomic E-state index is 12.9. The minimum absolute atomic E-state index is 0.139. The monoisotopic (exact) mass is 401 g/mol. The maximum Gasteiger partial charge on any atom is 0.243 e. The highest BCUT2D eigenvalue weighted by Gasteiger charge is 2.32. The zero-order valence-electron chi connectivity index (χ0n) is 15.1. The average Bonchev–Trinajstić information content (AvgIpc) is 3.07. The second-order valence-corrected chi connectivity index (χ2v) is 8.49. The van der Waals surface area contributed by atoms with Crippen molar-refractivity contribution in [1.82, 2.24) is 14.3 Å². The van der Waals surface area contributed by atoms with Crippen LogP contribution in [0.25, 0.3) is 0 Å². The van der Waals surface area contributed by atoms with Gasteiger partial charge in [0.2, 0.25) is 27.8 Å². The van der Waals surface area contributed by atoms with Crippen molar-refractivity contribution in [1.29, 1.82) is 0 Å². The number of anilines is 2. The van der Waals surface area contributed by atoms with Crippen LogP contribution in [0.2, 0.25) is 0 Å². The van der Waals surface area contributed by atoms with Gasteiger partial charge >= 0.3 is 0 Å². The molecule has 2 saturated heterocycles. The van der Waals surface area contributed by atoms with E-state index in [1.54, 1.807) is 18.5 Å². The number of nitrogens with zero attached hydrogens (tertiary/aromatic N) is 5. The summed E-state index contributed by atoms with van der Waals surface area (Å²) >= 11 is 0. The minimum Gasteiger partial charge on any atom is -0.338 e. The molecule has 3 heterocycles. The lowest BCUT2D eigenvalue weighted by Crippen LogP contribution is -2.49. The van der Waals surface area contributed by atoms with Crippen molar-refractivity contribution in [3.63, 3.8) is 0 Å². The van der Waals surface area contributed by atoms with Crippen LogP contribution in [0, 0.1) is 0 Å². The maximum absolute atomic E-state index is 12.9. The number of sulfonamides is 1. The second kappa shape index (κ2) is 7.28. The fourth-order valence-corrected chi connectivity index (χ4v) is 4.79. The molecule has 146 valence electrons. The van der Waals surface area contributed by atoms with Gasteiger partial charge in [0.1, 0.15) is 0 Å². The largest absolute Gasteiger partial charge is 0.338 e. The second-order valence-electron chi connectivity index (χ2n) is 6.56. The summed E-state index contributed by atoms with van der Waals surface area (Å²) in [6.07, 6.45) is 3.69. The lowest BCUT2D eigenvalue weighted by Gasteiger charge is -2.33. The Balaban J connectivity index is 1.47. The van der Waals surface area contributed by atoms with Crippen LogP contribution in [0.1, 0.15) is 12.8 Å². The van der Waals surface area contributed by atoms with Gasteiger partial charge in [-0.15, -0.1) is 0 Å². The third kappa shape index (κ3) is 3.36. The van der Waals surface area contributed by atoms with Crippen molar-refractivity contribution >= 4 is 33.5 Å². The molecule has 0 aliphatic carbocycles. The standard InChI is InChI=1S/C18H19N5O4S/c24-16-6-7-17(25)23(16)14-2-4-15(5-3-14)28(26,27)22-12-10-21(11-13-22)18-19-8-1-9-20-18/h1-5,8-9H,6-7,10-13H2. The Hall–Kier alpha value is -2.85. The number of piperazine rings is 1. The molecule has 28 heavy (non-hydrogen) atoms. The molecule has 2 aromatic rings. The zero-order chi connectivity index (χ0) is 19.7. The summed E-state index contributed by atoms with van der Waals surface area (Å²) in [7, 11) is -3.66. The first kappa shape index (κ1) is 18.5. The smallest absolute Gasteiger partial charge is 0.243 e. The number of imide groups is 1. The molecule has 2 fully saturated rings. The molecule has 1 aromatic heterocycles. The van der Waals surface area contributed by atoms with Crippen molar-refractivity contribution in [3.8, 4) is 0 Å². The molecule has 2 aliphatic rings. The molecule has 4 rings (SSSR count). The molecule has 1 aromatic carbocycles. The molecule has 0 bridgehead atoms. The van der Waals surface area contributed by atoms with E-state index in [0.29, 0.717) is 37.8 Å².